The summed E-state index contributed by atoms with van der Waals surface area (Å²) < 4.78 is 28.0. The third-order valence-corrected chi connectivity index (χ3v) is 2.59. The lowest BCUT2D eigenvalue weighted by Gasteiger charge is -2.09. The monoisotopic (exact) mass is 237 g/mol. The van der Waals surface area contributed by atoms with Crippen LogP contribution in [0, 0.1) is 11.6 Å². The molecule has 0 amide bonds. The van der Waals surface area contributed by atoms with Crippen LogP contribution in [0.2, 0.25) is 0 Å². The molecule has 2 N–H and O–H groups in total. The van der Waals surface area contributed by atoms with Crippen LogP contribution < -0.4 is 5.73 Å². The Kier molecular flexibility index (Phi) is 3.19. The number of halogens is 2. The van der Waals surface area contributed by atoms with Gasteiger partial charge in [0.25, 0.3) is 0 Å². The Morgan fingerprint density at radius 3 is 2.76 bits per heavy atom. The summed E-state index contributed by atoms with van der Waals surface area (Å²) in [6.07, 6.45) is 1.98. The van der Waals surface area contributed by atoms with Gasteiger partial charge in [0.2, 0.25) is 0 Å². The molecule has 0 radical (unpaired) electrons. The number of nitrogens with two attached hydrogens (primary N) is 1. The number of benzene rings is 1. The molecule has 0 aliphatic rings. The van der Waals surface area contributed by atoms with Gasteiger partial charge in [0.05, 0.1) is 11.7 Å². The maximum Gasteiger partial charge on any atom is 0.162 e. The van der Waals surface area contributed by atoms with E-state index < -0.39 is 17.7 Å². The molecule has 0 aliphatic carbocycles. The second-order valence-corrected chi connectivity index (χ2v) is 3.94. The van der Waals surface area contributed by atoms with E-state index in [1.54, 1.807) is 24.0 Å². The van der Waals surface area contributed by atoms with Crippen LogP contribution in [-0.2, 0) is 13.5 Å². The number of aryl methyl sites for hydroxylation is 1. The van der Waals surface area contributed by atoms with E-state index in [0.29, 0.717) is 5.69 Å². The summed E-state index contributed by atoms with van der Waals surface area (Å²) in [5, 5.41) is 4.13. The van der Waals surface area contributed by atoms with Gasteiger partial charge in [-0.3, -0.25) is 4.68 Å². The van der Waals surface area contributed by atoms with Crippen LogP contribution in [0.5, 0.6) is 0 Å². The Bertz CT molecular complexity index is 522. The molecule has 1 aromatic heterocycles. The Morgan fingerprint density at radius 2 is 2.12 bits per heavy atom. The highest BCUT2D eigenvalue weighted by molar-refractivity contribution is 5.21. The zero-order valence-corrected chi connectivity index (χ0v) is 9.40. The standard InChI is InChI=1S/C12H13F2N3/c1-17-6-5-11(16-17)10(15)7-8-3-2-4-9(13)12(8)14/h2-6,10H,7,15H2,1H3. The van der Waals surface area contributed by atoms with Crippen molar-refractivity contribution in [2.24, 2.45) is 12.8 Å². The molecule has 1 unspecified atom stereocenters. The first kappa shape index (κ1) is 11.7. The first-order chi connectivity index (χ1) is 8.08. The average Bonchev–Trinajstić information content (AvgIpc) is 2.72. The Balaban J connectivity index is 2.18. The van der Waals surface area contributed by atoms with Crippen molar-refractivity contribution in [3.05, 3.63) is 53.4 Å². The highest BCUT2D eigenvalue weighted by Crippen LogP contribution is 2.18. The molecule has 1 atom stereocenters. The molecule has 2 rings (SSSR count). The number of nitrogens with zero attached hydrogens (tertiary/aromatic N) is 2. The Morgan fingerprint density at radius 1 is 1.35 bits per heavy atom. The highest BCUT2D eigenvalue weighted by atomic mass is 19.2. The summed E-state index contributed by atoms with van der Waals surface area (Å²) in [6, 6.07) is 5.42. The molecule has 0 spiro atoms. The summed E-state index contributed by atoms with van der Waals surface area (Å²) in [5.41, 5.74) is 6.82. The number of hydrogen-bond donors (Lipinski definition) is 1. The van der Waals surface area contributed by atoms with Gasteiger partial charge in [-0.05, 0) is 24.1 Å². The van der Waals surface area contributed by atoms with Gasteiger partial charge in [-0.25, -0.2) is 8.78 Å². The second kappa shape index (κ2) is 4.63. The van der Waals surface area contributed by atoms with Crippen molar-refractivity contribution in [1.82, 2.24) is 9.78 Å². The van der Waals surface area contributed by atoms with Gasteiger partial charge in [-0.2, -0.15) is 5.10 Å². The summed E-state index contributed by atoms with van der Waals surface area (Å²) in [7, 11) is 1.78. The third-order valence-electron chi connectivity index (χ3n) is 2.59. The van der Waals surface area contributed by atoms with E-state index in [9.17, 15) is 8.78 Å². The fraction of sp³-hybridized carbons (Fsp3) is 0.250. The van der Waals surface area contributed by atoms with Crippen molar-refractivity contribution < 1.29 is 8.78 Å². The Hall–Kier alpha value is -1.75. The molecule has 0 aliphatic heterocycles. The molecule has 0 saturated heterocycles. The number of hydrogen-bond acceptors (Lipinski definition) is 2. The van der Waals surface area contributed by atoms with Crippen LogP contribution in [0.3, 0.4) is 0 Å². The number of aromatic nitrogens is 2. The quantitative estimate of drug-likeness (QED) is 0.886. The van der Waals surface area contributed by atoms with Crippen LogP contribution >= 0.6 is 0 Å². The van der Waals surface area contributed by atoms with E-state index in [2.05, 4.69) is 5.10 Å². The second-order valence-electron chi connectivity index (χ2n) is 3.94. The minimum atomic E-state index is -0.851. The summed E-state index contributed by atoms with van der Waals surface area (Å²) >= 11 is 0. The highest BCUT2D eigenvalue weighted by Gasteiger charge is 2.14. The van der Waals surface area contributed by atoms with E-state index in [-0.39, 0.29) is 12.0 Å². The van der Waals surface area contributed by atoms with Crippen LogP contribution in [0.15, 0.2) is 30.5 Å². The zero-order valence-electron chi connectivity index (χ0n) is 9.40. The van der Waals surface area contributed by atoms with Crippen LogP contribution in [0.25, 0.3) is 0 Å². The van der Waals surface area contributed by atoms with E-state index in [1.807, 2.05) is 0 Å². The van der Waals surface area contributed by atoms with Gasteiger partial charge >= 0.3 is 0 Å². The molecule has 0 bridgehead atoms. The third kappa shape index (κ3) is 2.50. The fourth-order valence-electron chi connectivity index (χ4n) is 1.68. The van der Waals surface area contributed by atoms with E-state index in [4.69, 9.17) is 5.73 Å². The molecule has 5 heteroatoms. The van der Waals surface area contributed by atoms with E-state index in [1.165, 1.54) is 12.1 Å². The number of rotatable bonds is 3. The molecule has 0 saturated carbocycles. The van der Waals surface area contributed by atoms with Crippen LogP contribution in [-0.4, -0.2) is 9.78 Å². The van der Waals surface area contributed by atoms with Gasteiger partial charge in [0, 0.05) is 13.2 Å². The lowest BCUT2D eigenvalue weighted by Crippen LogP contribution is -2.15. The van der Waals surface area contributed by atoms with Gasteiger partial charge in [0.1, 0.15) is 0 Å². The van der Waals surface area contributed by atoms with Crippen molar-refractivity contribution in [1.29, 1.82) is 0 Å². The van der Waals surface area contributed by atoms with E-state index in [0.717, 1.165) is 6.07 Å². The molecular weight excluding hydrogens is 224 g/mol. The van der Waals surface area contributed by atoms with Gasteiger partial charge in [0.15, 0.2) is 11.6 Å². The normalized spacial score (nSPS) is 12.7. The first-order valence-corrected chi connectivity index (χ1v) is 5.26. The van der Waals surface area contributed by atoms with Crippen molar-refractivity contribution in [2.45, 2.75) is 12.5 Å². The van der Waals surface area contributed by atoms with Gasteiger partial charge < -0.3 is 5.73 Å². The molecule has 90 valence electrons. The van der Waals surface area contributed by atoms with Gasteiger partial charge in [-0.1, -0.05) is 12.1 Å². The largest absolute Gasteiger partial charge is 0.322 e. The summed E-state index contributed by atoms with van der Waals surface area (Å²) in [6.45, 7) is 0. The molecule has 2 aromatic rings. The van der Waals surface area contributed by atoms with Crippen molar-refractivity contribution in [3.63, 3.8) is 0 Å². The maximum absolute atomic E-state index is 13.4. The smallest absolute Gasteiger partial charge is 0.162 e. The van der Waals surface area contributed by atoms with Crippen LogP contribution in [0.4, 0.5) is 8.78 Å². The van der Waals surface area contributed by atoms with Crippen molar-refractivity contribution in [2.75, 3.05) is 0 Å². The SMILES string of the molecule is Cn1ccc(C(N)Cc2cccc(F)c2F)n1. The fourth-order valence-corrected chi connectivity index (χ4v) is 1.68. The average molecular weight is 237 g/mol. The molecule has 0 fully saturated rings. The summed E-state index contributed by atoms with van der Waals surface area (Å²) in [5.74, 6) is -1.69. The molecule has 1 aromatic carbocycles. The predicted octanol–water partition coefficient (Wildman–Crippen LogP) is 1.94. The summed E-state index contributed by atoms with van der Waals surface area (Å²) in [4.78, 5) is 0. The van der Waals surface area contributed by atoms with Crippen LogP contribution in [0.1, 0.15) is 17.3 Å². The van der Waals surface area contributed by atoms with Crippen molar-refractivity contribution in [3.8, 4) is 0 Å². The lowest BCUT2D eigenvalue weighted by molar-refractivity contribution is 0.493. The van der Waals surface area contributed by atoms with E-state index >= 15 is 0 Å². The van der Waals surface area contributed by atoms with Gasteiger partial charge in [-0.15, -0.1) is 0 Å². The topological polar surface area (TPSA) is 43.8 Å². The molecule has 3 nitrogen and oxygen atoms in total. The minimum absolute atomic E-state index is 0.223. The molecule has 17 heavy (non-hydrogen) atoms. The first-order valence-electron chi connectivity index (χ1n) is 5.26. The lowest BCUT2D eigenvalue weighted by atomic mass is 10.0. The molecular formula is C12H13F2N3. The molecule has 1 heterocycles. The zero-order chi connectivity index (χ0) is 12.4. The maximum atomic E-state index is 13.4. The predicted molar refractivity (Wildman–Crippen MR) is 60.2 cm³/mol. The Labute approximate surface area is 97.9 Å². The van der Waals surface area contributed by atoms with Crippen molar-refractivity contribution >= 4 is 0 Å². The minimum Gasteiger partial charge on any atom is -0.322 e.